The van der Waals surface area contributed by atoms with E-state index in [9.17, 15) is 4.39 Å². The Bertz CT molecular complexity index is 893. The number of thiazole rings is 1. The summed E-state index contributed by atoms with van der Waals surface area (Å²) in [6.45, 7) is 0.249. The second-order valence-electron chi connectivity index (χ2n) is 5.03. The van der Waals surface area contributed by atoms with Gasteiger partial charge in [-0.3, -0.25) is 5.43 Å². The monoisotopic (exact) mass is 341 g/mol. The second kappa shape index (κ2) is 6.29. The van der Waals surface area contributed by atoms with Crippen LogP contribution in [-0.4, -0.2) is 18.0 Å². The molecule has 2 heterocycles. The van der Waals surface area contributed by atoms with Crippen molar-refractivity contribution in [3.8, 4) is 22.8 Å². The first kappa shape index (κ1) is 14.6. The quantitative estimate of drug-likeness (QED) is 0.573. The zero-order valence-corrected chi connectivity index (χ0v) is 13.2. The predicted octanol–water partition coefficient (Wildman–Crippen LogP) is 4.12. The first-order valence-electron chi connectivity index (χ1n) is 7.18. The van der Waals surface area contributed by atoms with Gasteiger partial charge in [0.25, 0.3) is 0 Å². The molecule has 1 aliphatic rings. The van der Waals surface area contributed by atoms with Crippen molar-refractivity contribution in [3.05, 3.63) is 59.2 Å². The van der Waals surface area contributed by atoms with Gasteiger partial charge in [-0.05, 0) is 48.0 Å². The molecule has 120 valence electrons. The van der Waals surface area contributed by atoms with Gasteiger partial charge in [0.1, 0.15) is 5.82 Å². The highest BCUT2D eigenvalue weighted by molar-refractivity contribution is 7.14. The van der Waals surface area contributed by atoms with E-state index >= 15 is 0 Å². The molecule has 24 heavy (non-hydrogen) atoms. The highest BCUT2D eigenvalue weighted by Crippen LogP contribution is 2.32. The molecule has 0 amide bonds. The molecule has 1 aromatic heterocycles. The summed E-state index contributed by atoms with van der Waals surface area (Å²) in [5.74, 6) is 1.19. The van der Waals surface area contributed by atoms with Crippen LogP contribution in [0.5, 0.6) is 11.5 Å². The Balaban J connectivity index is 1.43. The van der Waals surface area contributed by atoms with Gasteiger partial charge in [0.2, 0.25) is 11.9 Å². The lowest BCUT2D eigenvalue weighted by molar-refractivity contribution is 0.174. The number of fused-ring (bicyclic) bond motifs is 1. The van der Waals surface area contributed by atoms with Crippen LogP contribution in [-0.2, 0) is 0 Å². The molecule has 1 aliphatic heterocycles. The number of hydrazone groups is 1. The lowest BCUT2D eigenvalue weighted by atomic mass is 10.2. The molecule has 4 rings (SSSR count). The van der Waals surface area contributed by atoms with Crippen molar-refractivity contribution >= 4 is 22.7 Å². The normalized spacial score (nSPS) is 12.7. The summed E-state index contributed by atoms with van der Waals surface area (Å²) >= 11 is 1.43. The van der Waals surface area contributed by atoms with Crippen LogP contribution in [0, 0.1) is 5.82 Å². The summed E-state index contributed by atoms with van der Waals surface area (Å²) in [6, 6.07) is 11.8. The first-order valence-corrected chi connectivity index (χ1v) is 8.06. The first-order chi connectivity index (χ1) is 11.8. The molecule has 0 atom stereocenters. The van der Waals surface area contributed by atoms with Crippen molar-refractivity contribution < 1.29 is 13.9 Å². The van der Waals surface area contributed by atoms with E-state index in [2.05, 4.69) is 15.5 Å². The Morgan fingerprint density at radius 2 is 1.96 bits per heavy atom. The zero-order chi connectivity index (χ0) is 16.4. The van der Waals surface area contributed by atoms with Crippen molar-refractivity contribution in [1.29, 1.82) is 0 Å². The maximum Gasteiger partial charge on any atom is 0.231 e. The van der Waals surface area contributed by atoms with E-state index in [-0.39, 0.29) is 12.6 Å². The summed E-state index contributed by atoms with van der Waals surface area (Å²) in [6.07, 6.45) is 1.68. The maximum atomic E-state index is 13.0. The molecule has 3 aromatic rings. The Morgan fingerprint density at radius 3 is 2.83 bits per heavy atom. The lowest BCUT2D eigenvalue weighted by Gasteiger charge is -1.98. The van der Waals surface area contributed by atoms with E-state index in [4.69, 9.17) is 9.47 Å². The molecule has 0 bridgehead atoms. The second-order valence-corrected chi connectivity index (χ2v) is 5.89. The number of halogens is 1. The molecule has 1 N–H and O–H groups in total. The molecular formula is C17H12FN3O2S. The van der Waals surface area contributed by atoms with Crippen LogP contribution in [0.4, 0.5) is 9.52 Å². The van der Waals surface area contributed by atoms with Gasteiger partial charge in [0, 0.05) is 10.9 Å². The molecule has 0 fully saturated rings. The third kappa shape index (κ3) is 3.07. The number of aromatic nitrogens is 1. The number of anilines is 1. The van der Waals surface area contributed by atoms with Crippen molar-refractivity contribution in [3.63, 3.8) is 0 Å². The van der Waals surface area contributed by atoms with Gasteiger partial charge in [-0.15, -0.1) is 11.3 Å². The van der Waals surface area contributed by atoms with Crippen molar-refractivity contribution in [2.45, 2.75) is 0 Å². The number of ether oxygens (including phenoxy) is 2. The van der Waals surface area contributed by atoms with E-state index in [1.165, 1.54) is 23.5 Å². The molecule has 0 aliphatic carbocycles. The number of benzene rings is 2. The van der Waals surface area contributed by atoms with Crippen LogP contribution in [0.2, 0.25) is 0 Å². The van der Waals surface area contributed by atoms with Crippen molar-refractivity contribution in [1.82, 2.24) is 4.98 Å². The minimum Gasteiger partial charge on any atom is -0.454 e. The molecule has 0 saturated heterocycles. The van der Waals surface area contributed by atoms with Crippen LogP contribution >= 0.6 is 11.3 Å². The molecule has 7 heteroatoms. The van der Waals surface area contributed by atoms with Gasteiger partial charge in [0.05, 0.1) is 11.9 Å². The van der Waals surface area contributed by atoms with Crippen LogP contribution < -0.4 is 14.9 Å². The SMILES string of the molecule is Fc1ccc(-c2csc(N/N=C\c3ccc4c(c3)OCO4)n2)cc1. The molecule has 2 aromatic carbocycles. The Morgan fingerprint density at radius 1 is 1.12 bits per heavy atom. The Kier molecular flexibility index (Phi) is 3.84. The van der Waals surface area contributed by atoms with Crippen LogP contribution in [0.3, 0.4) is 0 Å². The van der Waals surface area contributed by atoms with E-state index in [0.717, 1.165) is 22.6 Å². The fourth-order valence-corrected chi connectivity index (χ4v) is 2.90. The number of hydrogen-bond donors (Lipinski definition) is 1. The fraction of sp³-hybridized carbons (Fsp3) is 0.0588. The number of nitrogens with one attached hydrogen (secondary N) is 1. The van der Waals surface area contributed by atoms with Gasteiger partial charge in [0.15, 0.2) is 11.5 Å². The highest BCUT2D eigenvalue weighted by Gasteiger charge is 2.12. The third-order valence-corrected chi connectivity index (χ3v) is 4.16. The largest absolute Gasteiger partial charge is 0.454 e. The van der Waals surface area contributed by atoms with E-state index in [1.807, 2.05) is 23.6 Å². The average Bonchev–Trinajstić information content (AvgIpc) is 3.24. The van der Waals surface area contributed by atoms with Crippen molar-refractivity contribution in [2.24, 2.45) is 5.10 Å². The highest BCUT2D eigenvalue weighted by atomic mass is 32.1. The fourth-order valence-electron chi connectivity index (χ4n) is 2.23. The molecule has 0 spiro atoms. The van der Waals surface area contributed by atoms with Crippen LogP contribution in [0.1, 0.15) is 5.56 Å². The number of rotatable bonds is 4. The summed E-state index contributed by atoms with van der Waals surface area (Å²) in [4.78, 5) is 4.43. The Labute approximate surface area is 141 Å². The summed E-state index contributed by atoms with van der Waals surface area (Å²) in [7, 11) is 0. The van der Waals surface area contributed by atoms with Crippen LogP contribution in [0.25, 0.3) is 11.3 Å². The average molecular weight is 341 g/mol. The zero-order valence-electron chi connectivity index (χ0n) is 12.4. The molecule has 0 radical (unpaired) electrons. The number of nitrogens with zero attached hydrogens (tertiary/aromatic N) is 2. The summed E-state index contributed by atoms with van der Waals surface area (Å²) < 4.78 is 23.5. The number of hydrogen-bond acceptors (Lipinski definition) is 6. The third-order valence-electron chi connectivity index (χ3n) is 3.41. The van der Waals surface area contributed by atoms with E-state index < -0.39 is 0 Å². The minimum atomic E-state index is -0.263. The maximum absolute atomic E-state index is 13.0. The van der Waals surface area contributed by atoms with Gasteiger partial charge < -0.3 is 9.47 Å². The Hall–Kier alpha value is -2.93. The predicted molar refractivity (Wildman–Crippen MR) is 91.3 cm³/mol. The molecule has 5 nitrogen and oxygen atoms in total. The summed E-state index contributed by atoms with van der Waals surface area (Å²) in [5.41, 5.74) is 5.42. The van der Waals surface area contributed by atoms with Crippen molar-refractivity contribution in [2.75, 3.05) is 12.2 Å². The van der Waals surface area contributed by atoms with E-state index in [1.54, 1.807) is 18.3 Å². The molecule has 0 unspecified atom stereocenters. The van der Waals surface area contributed by atoms with Gasteiger partial charge in [-0.25, -0.2) is 9.37 Å². The smallest absolute Gasteiger partial charge is 0.231 e. The lowest BCUT2D eigenvalue weighted by Crippen LogP contribution is -1.93. The summed E-state index contributed by atoms with van der Waals surface area (Å²) in [5, 5.41) is 6.73. The molecule has 0 saturated carbocycles. The van der Waals surface area contributed by atoms with Gasteiger partial charge in [-0.1, -0.05) is 0 Å². The van der Waals surface area contributed by atoms with E-state index in [0.29, 0.717) is 10.9 Å². The van der Waals surface area contributed by atoms with Crippen LogP contribution in [0.15, 0.2) is 52.9 Å². The standard InChI is InChI=1S/C17H12FN3O2S/c18-13-4-2-12(3-5-13)14-9-24-17(20-14)21-19-8-11-1-6-15-16(7-11)23-10-22-15/h1-9H,10H2,(H,20,21)/b19-8-. The minimum absolute atomic E-state index is 0.249. The van der Waals surface area contributed by atoms with Gasteiger partial charge >= 0.3 is 0 Å². The molecular weight excluding hydrogens is 329 g/mol. The topological polar surface area (TPSA) is 55.7 Å². The van der Waals surface area contributed by atoms with Gasteiger partial charge in [-0.2, -0.15) is 5.10 Å².